The van der Waals surface area contributed by atoms with Gasteiger partial charge in [0.15, 0.2) is 0 Å². The highest BCUT2D eigenvalue weighted by molar-refractivity contribution is 7.91. The van der Waals surface area contributed by atoms with E-state index in [1.54, 1.807) is 44.5 Å². The van der Waals surface area contributed by atoms with Crippen LogP contribution in [0.15, 0.2) is 65.7 Å². The third kappa shape index (κ3) is 6.29. The molecule has 11 nitrogen and oxygen atoms in total. The minimum atomic E-state index is -4.11. The first-order valence-electron chi connectivity index (χ1n) is 13.3. The maximum atomic E-state index is 13.5. The Morgan fingerprint density at radius 2 is 1.90 bits per heavy atom. The van der Waals surface area contributed by atoms with Crippen LogP contribution in [-0.2, 0) is 36.4 Å². The van der Waals surface area contributed by atoms with Gasteiger partial charge in [-0.2, -0.15) is 0 Å². The number of hydroxylamine groups is 1. The lowest BCUT2D eigenvalue weighted by atomic mass is 9.91. The zero-order valence-corrected chi connectivity index (χ0v) is 24.4. The number of nitrogens with one attached hydrogen (secondary N) is 1. The number of carbonyl (C=O) groups excluding carboxylic acids is 1. The summed E-state index contributed by atoms with van der Waals surface area (Å²) in [5.74, 6) is 0.686. The molecule has 1 fully saturated rings. The van der Waals surface area contributed by atoms with Gasteiger partial charge in [-0.1, -0.05) is 19.1 Å². The molecule has 1 aliphatic rings. The molecule has 3 heterocycles. The van der Waals surface area contributed by atoms with E-state index in [-0.39, 0.29) is 19.4 Å². The fourth-order valence-corrected chi connectivity index (χ4v) is 6.41. The van der Waals surface area contributed by atoms with Gasteiger partial charge >= 0.3 is 5.12 Å². The molecule has 1 aliphatic heterocycles. The highest BCUT2D eigenvalue weighted by Crippen LogP contribution is 2.44. The first-order chi connectivity index (χ1) is 19.5. The van der Waals surface area contributed by atoms with Gasteiger partial charge in [0.05, 0.1) is 13.7 Å². The van der Waals surface area contributed by atoms with Gasteiger partial charge in [0.1, 0.15) is 17.9 Å². The molecule has 1 saturated heterocycles. The van der Waals surface area contributed by atoms with E-state index >= 15 is 0 Å². The van der Waals surface area contributed by atoms with Crippen molar-refractivity contribution >= 4 is 15.7 Å². The number of aromatic nitrogens is 2. The van der Waals surface area contributed by atoms with E-state index in [4.69, 9.17) is 19.0 Å². The van der Waals surface area contributed by atoms with Crippen LogP contribution < -0.4 is 20.5 Å². The van der Waals surface area contributed by atoms with Crippen molar-refractivity contribution in [3.63, 3.8) is 0 Å². The number of ether oxygens (including phenoxy) is 3. The molecule has 41 heavy (non-hydrogen) atoms. The van der Waals surface area contributed by atoms with Crippen molar-refractivity contribution in [1.29, 1.82) is 0 Å². The Bertz CT molecular complexity index is 1520. The summed E-state index contributed by atoms with van der Waals surface area (Å²) >= 11 is 0. The lowest BCUT2D eigenvalue weighted by molar-refractivity contribution is -0.276. The predicted octanol–water partition coefficient (Wildman–Crippen LogP) is 3.57. The first-order valence-corrected chi connectivity index (χ1v) is 15.2. The average molecular weight is 586 g/mol. The van der Waals surface area contributed by atoms with Gasteiger partial charge < -0.3 is 18.8 Å². The summed E-state index contributed by atoms with van der Waals surface area (Å²) in [5, 5.41) is -2.30. The van der Waals surface area contributed by atoms with Crippen molar-refractivity contribution < 1.29 is 32.3 Å². The Morgan fingerprint density at radius 1 is 1.15 bits per heavy atom. The van der Waals surface area contributed by atoms with E-state index in [2.05, 4.69) is 10.5 Å². The normalized spacial score (nSPS) is 20.8. The van der Waals surface area contributed by atoms with Crippen molar-refractivity contribution in [2.45, 2.75) is 56.8 Å². The van der Waals surface area contributed by atoms with E-state index in [1.807, 2.05) is 25.1 Å². The molecule has 3 aromatic rings. The number of benzene rings is 1. The number of carbonyl (C=O) groups is 1. The van der Waals surface area contributed by atoms with Crippen molar-refractivity contribution in [2.24, 2.45) is 0 Å². The molecule has 12 heteroatoms. The summed E-state index contributed by atoms with van der Waals surface area (Å²) in [6, 6.07) is 14.1. The van der Waals surface area contributed by atoms with Gasteiger partial charge in [-0.05, 0) is 61.6 Å². The summed E-state index contributed by atoms with van der Waals surface area (Å²) in [6.45, 7) is 3.82. The molecular weight excluding hydrogens is 550 g/mol. The van der Waals surface area contributed by atoms with E-state index in [0.717, 1.165) is 17.4 Å². The summed E-state index contributed by atoms with van der Waals surface area (Å²) in [4.78, 5) is 35.4. The maximum absolute atomic E-state index is 13.5. The molecule has 1 N–H and O–H groups in total. The molecule has 0 unspecified atom stereocenters. The molecule has 220 valence electrons. The van der Waals surface area contributed by atoms with E-state index < -0.39 is 32.0 Å². The van der Waals surface area contributed by atoms with Crippen LogP contribution in [0, 0.1) is 0 Å². The van der Waals surface area contributed by atoms with Crippen molar-refractivity contribution in [3.8, 4) is 22.8 Å². The summed E-state index contributed by atoms with van der Waals surface area (Å²) in [6.07, 6.45) is 5.63. The van der Waals surface area contributed by atoms with Crippen molar-refractivity contribution in [2.75, 3.05) is 20.0 Å². The molecule has 2 atom stereocenters. The Hall–Kier alpha value is -3.74. The number of hydrogen-bond acceptors (Lipinski definition) is 9. The van der Waals surface area contributed by atoms with Gasteiger partial charge in [-0.25, -0.2) is 23.7 Å². The zero-order valence-electron chi connectivity index (χ0n) is 23.6. The third-order valence-electron chi connectivity index (χ3n) is 7.08. The Morgan fingerprint density at radius 3 is 2.51 bits per heavy atom. The minimum Gasteiger partial charge on any atom is -0.489 e. The first kappa shape index (κ1) is 30.2. The molecule has 2 aromatic heterocycles. The Balaban J connectivity index is 1.57. The number of nitrogens with zero attached hydrogens (tertiary/aromatic N) is 2. The van der Waals surface area contributed by atoms with Gasteiger partial charge in [0, 0.05) is 42.8 Å². The highest BCUT2D eigenvalue weighted by Gasteiger charge is 2.62. The van der Waals surface area contributed by atoms with Crippen LogP contribution in [0.1, 0.15) is 45.1 Å². The second-order valence-corrected chi connectivity index (χ2v) is 12.2. The molecule has 1 aromatic carbocycles. The summed E-state index contributed by atoms with van der Waals surface area (Å²) in [5.41, 5.74) is 2.62. The number of amides is 1. The number of hydrogen-bond donors (Lipinski definition) is 1. The largest absolute Gasteiger partial charge is 0.489 e. The quantitative estimate of drug-likeness (QED) is 0.335. The van der Waals surface area contributed by atoms with Gasteiger partial charge in [-0.15, -0.1) is 0 Å². The minimum absolute atomic E-state index is 0.0859. The highest BCUT2D eigenvalue weighted by atomic mass is 32.2. The van der Waals surface area contributed by atoms with Crippen molar-refractivity contribution in [1.82, 2.24) is 15.0 Å². The van der Waals surface area contributed by atoms with Crippen LogP contribution in [0.3, 0.4) is 0 Å². The Labute approximate surface area is 239 Å². The molecule has 4 rings (SSSR count). The maximum Gasteiger partial charge on any atom is 0.319 e. The lowest BCUT2D eigenvalue weighted by Crippen LogP contribution is -2.67. The standard InChI is InChI=1S/C29H35N3O8S/c1-5-7-25(33)31-40-29(41(4,35)36)28(2,15-6-17-39-29)32-16-14-23(18-27(32)34)22-9-11-24(12-10-22)38-20-21-8-13-26(37-3)30-19-21/h8-14,16,18-19H,5-7,15,17,20H2,1-4H3,(H,31,33)/t28-,29-/m1/s1. The average Bonchev–Trinajstić information content (AvgIpc) is 2.95. The number of rotatable bonds is 11. The van der Waals surface area contributed by atoms with Crippen LogP contribution >= 0.6 is 0 Å². The molecule has 1 amide bonds. The van der Waals surface area contributed by atoms with Gasteiger partial charge in [0.25, 0.3) is 5.56 Å². The van der Waals surface area contributed by atoms with Gasteiger partial charge in [-0.3, -0.25) is 9.59 Å². The Kier molecular flexibility index (Phi) is 9.15. The molecule has 0 saturated carbocycles. The smallest absolute Gasteiger partial charge is 0.319 e. The summed E-state index contributed by atoms with van der Waals surface area (Å²) in [7, 11) is -2.55. The molecule has 0 radical (unpaired) electrons. The van der Waals surface area contributed by atoms with Crippen LogP contribution in [-0.4, -0.2) is 49.0 Å². The number of methoxy groups -OCH3 is 1. The molecular formula is C29H35N3O8S. The predicted molar refractivity (Wildman–Crippen MR) is 152 cm³/mol. The fourth-order valence-electron chi connectivity index (χ4n) is 4.92. The van der Waals surface area contributed by atoms with Crippen LogP contribution in [0.2, 0.25) is 0 Å². The topological polar surface area (TPSA) is 135 Å². The summed E-state index contributed by atoms with van der Waals surface area (Å²) < 4.78 is 44.3. The SMILES string of the molecule is CCCC(=O)NO[C@]1(S(C)(=O)=O)OCCC[C@@]1(C)n1ccc(-c2ccc(OCc3ccc(OC)nc3)cc2)cc1=O. The molecule has 0 aliphatic carbocycles. The van der Waals surface area contributed by atoms with Crippen molar-refractivity contribution in [3.05, 3.63) is 76.8 Å². The molecule has 0 bridgehead atoms. The third-order valence-corrected chi connectivity index (χ3v) is 8.69. The second-order valence-electron chi connectivity index (χ2n) is 10.1. The monoisotopic (exact) mass is 585 g/mol. The fraction of sp³-hybridized carbons (Fsp3) is 0.414. The van der Waals surface area contributed by atoms with Crippen LogP contribution in [0.25, 0.3) is 11.1 Å². The van der Waals surface area contributed by atoms with E-state index in [1.165, 1.54) is 16.8 Å². The lowest BCUT2D eigenvalue weighted by Gasteiger charge is -2.48. The number of pyridine rings is 2. The van der Waals surface area contributed by atoms with E-state index in [0.29, 0.717) is 36.6 Å². The van der Waals surface area contributed by atoms with Crippen LogP contribution in [0.4, 0.5) is 0 Å². The van der Waals surface area contributed by atoms with Gasteiger partial charge in [0.2, 0.25) is 21.6 Å². The molecule has 0 spiro atoms. The second kappa shape index (κ2) is 12.4. The number of sulfone groups is 1. The van der Waals surface area contributed by atoms with E-state index in [9.17, 15) is 18.0 Å². The zero-order chi connectivity index (χ0) is 29.7. The van der Waals surface area contributed by atoms with Crippen LogP contribution in [0.5, 0.6) is 11.6 Å².